The molecule has 0 aliphatic rings. The van der Waals surface area contributed by atoms with E-state index in [1.165, 1.54) is 18.2 Å². The van der Waals surface area contributed by atoms with Crippen molar-refractivity contribution in [2.24, 2.45) is 0 Å². The van der Waals surface area contributed by atoms with E-state index in [4.69, 9.17) is 31.8 Å². The van der Waals surface area contributed by atoms with Crippen molar-refractivity contribution in [2.45, 2.75) is 0 Å². The lowest BCUT2D eigenvalue weighted by molar-refractivity contribution is 0.670. The van der Waals surface area contributed by atoms with Crippen LogP contribution in [-0.4, -0.2) is 15.0 Å². The molecular formula is C41H25N3O. The molecule has 0 saturated heterocycles. The van der Waals surface area contributed by atoms with Crippen LogP contribution in [0.1, 0.15) is 30.2 Å². The minimum absolute atomic E-state index is 0.0828. The fourth-order valence-electron chi connectivity index (χ4n) is 5.05. The van der Waals surface area contributed by atoms with Crippen molar-refractivity contribution < 1.29 is 34.6 Å². The minimum Gasteiger partial charge on any atom is -0.455 e. The summed E-state index contributed by atoms with van der Waals surface area (Å²) in [5, 5.41) is -2.10. The first kappa shape index (κ1) is 11.8. The van der Waals surface area contributed by atoms with E-state index in [9.17, 15) is 2.74 Å². The summed E-state index contributed by atoms with van der Waals surface area (Å²) in [4.78, 5) is 13.5. The molecule has 0 fully saturated rings. The highest BCUT2D eigenvalue weighted by atomic mass is 16.3. The van der Waals surface area contributed by atoms with Gasteiger partial charge in [-0.25, -0.2) is 15.0 Å². The molecule has 0 aliphatic carbocycles. The molecule has 0 N–H and O–H groups in total. The topological polar surface area (TPSA) is 51.8 Å². The molecular weight excluding hydrogens is 550 g/mol. The Labute approximate surface area is 290 Å². The summed E-state index contributed by atoms with van der Waals surface area (Å²) in [6.07, 6.45) is 0. The zero-order valence-electron chi connectivity index (χ0n) is 44.5. The third-order valence-corrected chi connectivity index (χ3v) is 6.95. The molecule has 0 radical (unpaired) electrons. The Morgan fingerprint density at radius 3 is 1.93 bits per heavy atom. The van der Waals surface area contributed by atoms with Gasteiger partial charge in [0, 0.05) is 33.0 Å². The smallest absolute Gasteiger partial charge is 0.164 e. The number of fused-ring (bicyclic) bond motifs is 5. The molecule has 0 spiro atoms. The van der Waals surface area contributed by atoms with Crippen LogP contribution in [0, 0.1) is 0 Å². The summed E-state index contributed by atoms with van der Waals surface area (Å²) < 4.78 is 197. The van der Waals surface area contributed by atoms with Crippen LogP contribution < -0.4 is 0 Å². The zero-order chi connectivity index (χ0) is 48.9. The van der Waals surface area contributed by atoms with E-state index in [1.54, 1.807) is 0 Å². The van der Waals surface area contributed by atoms with Crippen molar-refractivity contribution in [1.29, 1.82) is 0 Å². The number of hydrogen-bond acceptors (Lipinski definition) is 4. The molecule has 7 aromatic carbocycles. The average molecular weight is 598 g/mol. The molecule has 0 bridgehead atoms. The Kier molecular flexibility index (Phi) is 2.68. The summed E-state index contributed by atoms with van der Waals surface area (Å²) in [5.74, 6) is -1.73. The first-order valence-corrected chi connectivity index (χ1v) is 13.2. The van der Waals surface area contributed by atoms with Crippen molar-refractivity contribution in [3.05, 3.63) is 151 Å². The maximum atomic E-state index is 9.58. The van der Waals surface area contributed by atoms with Crippen molar-refractivity contribution >= 4 is 43.5 Å². The van der Waals surface area contributed by atoms with E-state index in [0.717, 1.165) is 0 Å². The summed E-state index contributed by atoms with van der Waals surface area (Å²) in [7, 11) is 0. The predicted octanol–water partition coefficient (Wildman–Crippen LogP) is 10.7. The molecule has 0 saturated carbocycles. The number of rotatable bonds is 4. The monoisotopic (exact) mass is 597 g/mol. The predicted molar refractivity (Wildman–Crippen MR) is 184 cm³/mol. The second kappa shape index (κ2) is 10.2. The van der Waals surface area contributed by atoms with Gasteiger partial charge in [0.1, 0.15) is 11.2 Å². The summed E-state index contributed by atoms with van der Waals surface area (Å²) in [6.45, 7) is 0. The first-order valence-electron chi connectivity index (χ1n) is 24.2. The minimum atomic E-state index is -0.796. The molecule has 9 aromatic rings. The van der Waals surface area contributed by atoms with Crippen LogP contribution in [0.5, 0.6) is 0 Å². The molecule has 4 nitrogen and oxygen atoms in total. The normalized spacial score (nSPS) is 18.4. The lowest BCUT2D eigenvalue weighted by Gasteiger charge is -2.10. The number of aromatic nitrogens is 3. The second-order valence-electron chi connectivity index (χ2n) is 9.54. The molecule has 2 heterocycles. The van der Waals surface area contributed by atoms with Gasteiger partial charge in [-0.2, -0.15) is 0 Å². The Balaban J connectivity index is 1.50. The molecule has 0 unspecified atom stereocenters. The van der Waals surface area contributed by atoms with Crippen LogP contribution in [-0.2, 0) is 0 Å². The molecule has 0 atom stereocenters. The SMILES string of the molecule is [2H]c1c([2H])c([2H])c(-c2nc(-c3c([2H])c([2H])c4c([2H])c([2H])c([2H])c([2H])c4c3[2H])nc(-c3cccc4oc5c(-c6c([2H])c([2H])c([2H])c([2H])c6[2H])c6c([2H])c([2H])c([2H])c([2H])c6c([2H])c5c34)n2)c([2H])c1[2H]. The first-order chi connectivity index (χ1) is 31.5. The second-order valence-corrected chi connectivity index (χ2v) is 9.54. The highest BCUT2D eigenvalue weighted by Crippen LogP contribution is 2.43. The largest absolute Gasteiger partial charge is 0.455 e. The van der Waals surface area contributed by atoms with E-state index >= 15 is 0 Å². The van der Waals surface area contributed by atoms with Gasteiger partial charge in [0.25, 0.3) is 0 Å². The van der Waals surface area contributed by atoms with Gasteiger partial charge in [0.15, 0.2) is 17.5 Å². The van der Waals surface area contributed by atoms with Gasteiger partial charge in [0.05, 0.1) is 30.2 Å². The van der Waals surface area contributed by atoms with Gasteiger partial charge in [-0.1, -0.05) is 133 Å². The van der Waals surface area contributed by atoms with Gasteiger partial charge >= 0.3 is 0 Å². The zero-order valence-corrected chi connectivity index (χ0v) is 22.5. The molecule has 45 heavy (non-hydrogen) atoms. The van der Waals surface area contributed by atoms with Crippen LogP contribution in [0.3, 0.4) is 0 Å². The third kappa shape index (κ3) is 4.27. The van der Waals surface area contributed by atoms with Gasteiger partial charge in [0.2, 0.25) is 0 Å². The van der Waals surface area contributed by atoms with Crippen molar-refractivity contribution in [3.8, 4) is 45.3 Å². The average Bonchev–Trinajstić information content (AvgIpc) is 3.70. The van der Waals surface area contributed by atoms with Crippen molar-refractivity contribution in [3.63, 3.8) is 0 Å². The molecule has 0 aliphatic heterocycles. The lowest BCUT2D eigenvalue weighted by atomic mass is 9.94. The number of furan rings is 1. The van der Waals surface area contributed by atoms with E-state index in [1.807, 2.05) is 0 Å². The molecule has 9 rings (SSSR count). The van der Waals surface area contributed by atoms with Gasteiger partial charge in [-0.3, -0.25) is 0 Å². The molecule has 2 aromatic heterocycles. The van der Waals surface area contributed by atoms with E-state index in [-0.39, 0.29) is 33.1 Å². The Morgan fingerprint density at radius 2 is 1.13 bits per heavy atom. The fourth-order valence-corrected chi connectivity index (χ4v) is 5.05. The molecule has 0 amide bonds. The number of hydrogen-bond donors (Lipinski definition) is 0. The highest BCUT2D eigenvalue weighted by Gasteiger charge is 2.21. The maximum absolute atomic E-state index is 9.58. The van der Waals surface area contributed by atoms with E-state index in [2.05, 4.69) is 15.0 Å². The van der Waals surface area contributed by atoms with Gasteiger partial charge in [-0.05, 0) is 45.3 Å². The molecule has 4 heteroatoms. The van der Waals surface area contributed by atoms with E-state index in [0.29, 0.717) is 0 Å². The standard InChI is InChI=1S/C41H25N3O/c1-3-13-27(14-4-1)36-32-19-10-9-18-30(32)25-34-37-33(20-11-21-35(37)45-38(34)36)41-43-39(28-15-5-2-6-16-28)42-40(44-41)31-23-22-26-12-7-8-17-29(26)24-31/h1-25H/i1D,2D,3D,4D,5D,6D,7D,8D,9D,10D,12D,13D,14D,15D,16D,17D,18D,19D,22D,23D,24D,25D. The van der Waals surface area contributed by atoms with Crippen LogP contribution in [0.2, 0.25) is 0 Å². The fraction of sp³-hybridized carbons (Fsp3) is 0. The summed E-state index contributed by atoms with van der Waals surface area (Å²) in [5.41, 5.74) is -2.67. The Hall–Kier alpha value is -6.13. The van der Waals surface area contributed by atoms with Crippen molar-refractivity contribution in [2.75, 3.05) is 0 Å². The van der Waals surface area contributed by atoms with Crippen molar-refractivity contribution in [1.82, 2.24) is 15.0 Å². The van der Waals surface area contributed by atoms with Crippen LogP contribution in [0.25, 0.3) is 88.8 Å². The Morgan fingerprint density at radius 1 is 0.489 bits per heavy atom. The van der Waals surface area contributed by atoms with Gasteiger partial charge < -0.3 is 4.42 Å². The third-order valence-electron chi connectivity index (χ3n) is 6.95. The van der Waals surface area contributed by atoms with Crippen LogP contribution in [0.4, 0.5) is 0 Å². The van der Waals surface area contributed by atoms with Crippen LogP contribution >= 0.6 is 0 Å². The Bertz CT molecular complexity index is 3740. The maximum Gasteiger partial charge on any atom is 0.164 e. The van der Waals surface area contributed by atoms with Crippen LogP contribution in [0.15, 0.2) is 156 Å². The van der Waals surface area contributed by atoms with Gasteiger partial charge in [-0.15, -0.1) is 0 Å². The molecule has 210 valence electrons. The number of benzene rings is 7. The van der Waals surface area contributed by atoms with E-state index < -0.39 is 189 Å². The summed E-state index contributed by atoms with van der Waals surface area (Å²) in [6, 6.07) is -12.3. The highest BCUT2D eigenvalue weighted by molar-refractivity contribution is 6.21. The lowest BCUT2D eigenvalue weighted by Crippen LogP contribution is -2.00. The summed E-state index contributed by atoms with van der Waals surface area (Å²) >= 11 is 0. The quantitative estimate of drug-likeness (QED) is 0.202. The number of nitrogens with zero attached hydrogens (tertiary/aromatic N) is 3.